The van der Waals surface area contributed by atoms with Crippen LogP contribution in [0.15, 0.2) is 17.1 Å². The van der Waals surface area contributed by atoms with Crippen LogP contribution < -0.4 is 11.4 Å². The summed E-state index contributed by atoms with van der Waals surface area (Å²) in [5, 5.41) is 9.97. The quantitative estimate of drug-likeness (QED) is 0.422. The van der Waals surface area contributed by atoms with Crippen LogP contribution in [0.2, 0.25) is 0 Å². The molecule has 0 aliphatic carbocycles. The van der Waals surface area contributed by atoms with Gasteiger partial charge in [-0.1, -0.05) is 0 Å². The van der Waals surface area contributed by atoms with E-state index in [4.69, 9.17) is 24.7 Å². The number of nitrogen functional groups attached to an aromatic ring is 1. The number of aliphatic hydroxyl groups excluding tert-OH is 1. The molecule has 2 heterocycles. The van der Waals surface area contributed by atoms with E-state index in [0.717, 1.165) is 25.3 Å². The summed E-state index contributed by atoms with van der Waals surface area (Å²) in [5.41, 5.74) is 2.86. The Hall–Kier alpha value is -2.99. The van der Waals surface area contributed by atoms with Crippen LogP contribution in [0, 0.1) is 0 Å². The van der Waals surface area contributed by atoms with Crippen molar-refractivity contribution >= 4 is 23.7 Å². The molecule has 28 heavy (non-hydrogen) atoms. The molecule has 0 radical (unpaired) electrons. The van der Waals surface area contributed by atoms with E-state index in [9.17, 15) is 24.3 Å². The third-order valence-electron chi connectivity index (χ3n) is 3.96. The van der Waals surface area contributed by atoms with Gasteiger partial charge in [0, 0.05) is 27.0 Å². The number of ether oxygens (including phenoxy) is 4. The summed E-state index contributed by atoms with van der Waals surface area (Å²) in [4.78, 5) is 50.3. The van der Waals surface area contributed by atoms with Crippen molar-refractivity contribution in [1.82, 2.24) is 9.55 Å². The first-order valence-corrected chi connectivity index (χ1v) is 8.21. The summed E-state index contributed by atoms with van der Waals surface area (Å²) in [6.07, 6.45) is -2.81. The molecule has 0 aromatic carbocycles. The van der Waals surface area contributed by atoms with Crippen LogP contribution in [0.1, 0.15) is 27.0 Å². The minimum absolute atomic E-state index is 0.0480. The minimum Gasteiger partial charge on any atom is -0.463 e. The monoisotopic (exact) mass is 399 g/mol. The van der Waals surface area contributed by atoms with Gasteiger partial charge in [-0.3, -0.25) is 19.0 Å². The maximum Gasteiger partial charge on any atom is 0.351 e. The molecule has 0 saturated carbocycles. The largest absolute Gasteiger partial charge is 0.463 e. The van der Waals surface area contributed by atoms with Gasteiger partial charge in [-0.25, -0.2) is 4.79 Å². The van der Waals surface area contributed by atoms with Crippen molar-refractivity contribution in [2.75, 3.05) is 18.9 Å². The minimum atomic E-state index is -1.79. The third-order valence-corrected chi connectivity index (χ3v) is 3.96. The molecule has 12 nitrogen and oxygen atoms in total. The molecule has 1 fully saturated rings. The fourth-order valence-electron chi connectivity index (χ4n) is 2.84. The Balaban J connectivity index is 2.56. The van der Waals surface area contributed by atoms with Crippen molar-refractivity contribution in [3.63, 3.8) is 0 Å². The predicted octanol–water partition coefficient (Wildman–Crippen LogP) is -1.49. The predicted molar refractivity (Wildman–Crippen MR) is 90.6 cm³/mol. The molecule has 0 bridgehead atoms. The van der Waals surface area contributed by atoms with Crippen molar-refractivity contribution in [1.29, 1.82) is 0 Å². The zero-order chi connectivity index (χ0) is 21.1. The van der Waals surface area contributed by atoms with Gasteiger partial charge in [0.1, 0.15) is 12.4 Å². The van der Waals surface area contributed by atoms with E-state index >= 15 is 0 Å². The molecule has 0 unspecified atom stereocenters. The van der Waals surface area contributed by atoms with E-state index in [1.807, 2.05) is 0 Å². The zero-order valence-electron chi connectivity index (χ0n) is 15.5. The summed E-state index contributed by atoms with van der Waals surface area (Å²) in [5.74, 6) is -2.26. The van der Waals surface area contributed by atoms with Gasteiger partial charge in [0.15, 0.2) is 24.0 Å². The fourth-order valence-corrected chi connectivity index (χ4v) is 2.84. The normalized spacial score (nSPS) is 26.5. The van der Waals surface area contributed by atoms with Gasteiger partial charge in [0.25, 0.3) is 0 Å². The van der Waals surface area contributed by atoms with Crippen LogP contribution >= 0.6 is 0 Å². The highest BCUT2D eigenvalue weighted by molar-refractivity contribution is 5.68. The summed E-state index contributed by atoms with van der Waals surface area (Å²) in [7, 11) is 0. The van der Waals surface area contributed by atoms with Crippen LogP contribution in [0.3, 0.4) is 0 Å². The molecule has 1 aromatic rings. The molecule has 3 N–H and O–H groups in total. The first kappa shape index (κ1) is 21.3. The third kappa shape index (κ3) is 4.46. The summed E-state index contributed by atoms with van der Waals surface area (Å²) in [6, 6.07) is 1.31. The van der Waals surface area contributed by atoms with E-state index in [0.29, 0.717) is 0 Å². The molecular formula is C16H21N3O9. The van der Waals surface area contributed by atoms with Crippen molar-refractivity contribution in [2.45, 2.75) is 44.8 Å². The maximum atomic E-state index is 12.2. The number of aromatic nitrogens is 2. The van der Waals surface area contributed by atoms with Gasteiger partial charge in [0.05, 0.1) is 6.61 Å². The summed E-state index contributed by atoms with van der Waals surface area (Å²) < 4.78 is 22.1. The molecule has 1 aromatic heterocycles. The van der Waals surface area contributed by atoms with Gasteiger partial charge in [-0.15, -0.1) is 0 Å². The average Bonchev–Trinajstić information content (AvgIpc) is 2.86. The van der Waals surface area contributed by atoms with Crippen LogP contribution in [-0.2, 0) is 33.3 Å². The Bertz CT molecular complexity index is 824. The number of carbonyl (C=O) groups excluding carboxylic acids is 3. The fraction of sp³-hybridized carbons (Fsp3) is 0.562. The van der Waals surface area contributed by atoms with Crippen molar-refractivity contribution in [2.24, 2.45) is 0 Å². The topological polar surface area (TPSA) is 169 Å². The SMILES string of the molecule is CC(=O)OC[C@@]1(CO)O[C@@H](n2ccc(N)nc2=O)[C@H](OC(C)=O)[C@H]1OC(C)=O. The number of nitrogens with zero attached hydrogens (tertiary/aromatic N) is 2. The number of hydrogen-bond acceptors (Lipinski definition) is 11. The number of aliphatic hydroxyl groups is 1. The van der Waals surface area contributed by atoms with E-state index in [2.05, 4.69) is 4.98 Å². The Morgan fingerprint density at radius 3 is 2.39 bits per heavy atom. The van der Waals surface area contributed by atoms with Gasteiger partial charge in [-0.2, -0.15) is 4.98 Å². The van der Waals surface area contributed by atoms with E-state index in [1.54, 1.807) is 0 Å². The van der Waals surface area contributed by atoms with Gasteiger partial charge < -0.3 is 29.8 Å². The highest BCUT2D eigenvalue weighted by atomic mass is 16.7. The van der Waals surface area contributed by atoms with E-state index < -0.39 is 60.8 Å². The number of carbonyl (C=O) groups is 3. The highest BCUT2D eigenvalue weighted by Gasteiger charge is 2.60. The lowest BCUT2D eigenvalue weighted by molar-refractivity contribution is -0.185. The molecule has 4 atom stereocenters. The second-order valence-corrected chi connectivity index (χ2v) is 6.16. The van der Waals surface area contributed by atoms with Crippen molar-refractivity contribution in [3.05, 3.63) is 22.7 Å². The van der Waals surface area contributed by atoms with Crippen LogP contribution in [0.5, 0.6) is 0 Å². The van der Waals surface area contributed by atoms with Crippen LogP contribution in [0.25, 0.3) is 0 Å². The molecule has 154 valence electrons. The number of nitrogens with two attached hydrogens (primary N) is 1. The molecule has 12 heteroatoms. The Labute approximate surface area is 159 Å². The number of hydrogen-bond donors (Lipinski definition) is 2. The average molecular weight is 399 g/mol. The number of rotatable bonds is 6. The summed E-state index contributed by atoms with van der Waals surface area (Å²) in [6.45, 7) is 2.04. The molecule has 1 saturated heterocycles. The molecule has 0 spiro atoms. The lowest BCUT2D eigenvalue weighted by Crippen LogP contribution is -2.53. The second-order valence-electron chi connectivity index (χ2n) is 6.16. The lowest BCUT2D eigenvalue weighted by Gasteiger charge is -2.31. The smallest absolute Gasteiger partial charge is 0.351 e. The number of esters is 3. The lowest BCUT2D eigenvalue weighted by atomic mass is 9.96. The van der Waals surface area contributed by atoms with Gasteiger partial charge >= 0.3 is 23.6 Å². The summed E-state index contributed by atoms with van der Waals surface area (Å²) >= 11 is 0. The van der Waals surface area contributed by atoms with Crippen molar-refractivity contribution < 1.29 is 38.4 Å². The Morgan fingerprint density at radius 1 is 1.25 bits per heavy atom. The van der Waals surface area contributed by atoms with Gasteiger partial charge in [0.2, 0.25) is 0 Å². The van der Waals surface area contributed by atoms with Crippen LogP contribution in [-0.4, -0.2) is 63.6 Å². The van der Waals surface area contributed by atoms with Crippen molar-refractivity contribution in [3.8, 4) is 0 Å². The number of anilines is 1. The molecule has 0 amide bonds. The first-order valence-electron chi connectivity index (χ1n) is 8.21. The van der Waals surface area contributed by atoms with Gasteiger partial charge in [-0.05, 0) is 6.07 Å². The van der Waals surface area contributed by atoms with E-state index in [1.165, 1.54) is 12.3 Å². The molecule has 2 rings (SSSR count). The zero-order valence-corrected chi connectivity index (χ0v) is 15.5. The molecule has 1 aliphatic rings. The first-order chi connectivity index (χ1) is 13.1. The molecule has 1 aliphatic heterocycles. The Kier molecular flexibility index (Phi) is 6.36. The standard InChI is InChI=1S/C16H21N3O9/c1-8(21)25-7-16(6-20)13(27-10(3)23)12(26-9(2)22)14(28-16)19-5-4-11(17)18-15(19)24/h4-5,12-14,20H,6-7H2,1-3H3,(H2,17,18,24)/t12-,13-,14-,16-/m1/s1. The second kappa shape index (κ2) is 8.35. The Morgan fingerprint density at radius 2 is 1.89 bits per heavy atom. The van der Waals surface area contributed by atoms with Crippen LogP contribution in [0.4, 0.5) is 5.82 Å². The molecular weight excluding hydrogens is 378 g/mol. The highest BCUT2D eigenvalue weighted by Crippen LogP contribution is 2.40. The maximum absolute atomic E-state index is 12.2. The van der Waals surface area contributed by atoms with E-state index in [-0.39, 0.29) is 5.82 Å².